The summed E-state index contributed by atoms with van der Waals surface area (Å²) in [5.41, 5.74) is 0. The van der Waals surface area contributed by atoms with Crippen molar-refractivity contribution in [1.82, 2.24) is 19.9 Å². The summed E-state index contributed by atoms with van der Waals surface area (Å²) in [5, 5.41) is 2.30. The zero-order valence-corrected chi connectivity index (χ0v) is 14.8. The van der Waals surface area contributed by atoms with E-state index in [4.69, 9.17) is 4.74 Å². The van der Waals surface area contributed by atoms with Gasteiger partial charge >= 0.3 is 0 Å². The summed E-state index contributed by atoms with van der Waals surface area (Å²) in [4.78, 5) is 17.5. The van der Waals surface area contributed by atoms with Crippen LogP contribution in [0, 0.1) is 0 Å². The SMILES string of the molecule is c1cnc(N2CCN(CCCOc3ccc4ccncc4c3)CC2)nc1. The van der Waals surface area contributed by atoms with Crippen LogP contribution >= 0.6 is 0 Å². The van der Waals surface area contributed by atoms with Gasteiger partial charge in [0.05, 0.1) is 6.61 Å². The lowest BCUT2D eigenvalue weighted by Crippen LogP contribution is -2.47. The van der Waals surface area contributed by atoms with Crippen LogP contribution in [0.25, 0.3) is 10.8 Å². The van der Waals surface area contributed by atoms with Gasteiger partial charge in [0.15, 0.2) is 0 Å². The maximum atomic E-state index is 5.91. The minimum Gasteiger partial charge on any atom is -0.494 e. The second-order valence-corrected chi connectivity index (χ2v) is 6.46. The van der Waals surface area contributed by atoms with Crippen LogP contribution in [0.3, 0.4) is 0 Å². The highest BCUT2D eigenvalue weighted by molar-refractivity contribution is 5.82. The summed E-state index contributed by atoms with van der Waals surface area (Å²) in [6.07, 6.45) is 8.31. The Morgan fingerprint density at radius 2 is 1.77 bits per heavy atom. The fourth-order valence-electron chi connectivity index (χ4n) is 3.26. The highest BCUT2D eigenvalue weighted by Gasteiger charge is 2.18. The van der Waals surface area contributed by atoms with E-state index in [0.717, 1.165) is 62.8 Å². The molecule has 3 aromatic rings. The quantitative estimate of drug-likeness (QED) is 0.638. The number of ether oxygens (including phenoxy) is 1. The number of hydrogen-bond acceptors (Lipinski definition) is 6. The summed E-state index contributed by atoms with van der Waals surface area (Å²) in [7, 11) is 0. The Balaban J connectivity index is 1.19. The summed E-state index contributed by atoms with van der Waals surface area (Å²) < 4.78 is 5.91. The van der Waals surface area contributed by atoms with Crippen molar-refractivity contribution < 1.29 is 4.74 Å². The van der Waals surface area contributed by atoms with Crippen molar-refractivity contribution in [2.75, 3.05) is 44.2 Å². The van der Waals surface area contributed by atoms with E-state index in [1.807, 2.05) is 30.6 Å². The standard InChI is InChI=1S/C20H23N5O/c1-6-22-20(23-7-1)25-12-10-24(11-13-25)9-2-14-26-19-4-3-17-5-8-21-16-18(17)15-19/h1,3-8,15-16H,2,9-14H2. The van der Waals surface area contributed by atoms with Crippen LogP contribution in [-0.4, -0.2) is 59.2 Å². The molecule has 134 valence electrons. The first kappa shape index (κ1) is 16.7. The fourth-order valence-corrected chi connectivity index (χ4v) is 3.26. The largest absolute Gasteiger partial charge is 0.494 e. The molecular formula is C20H23N5O. The molecule has 26 heavy (non-hydrogen) atoms. The maximum absolute atomic E-state index is 5.91. The van der Waals surface area contributed by atoms with E-state index in [0.29, 0.717) is 0 Å². The zero-order chi connectivity index (χ0) is 17.6. The smallest absolute Gasteiger partial charge is 0.225 e. The lowest BCUT2D eigenvalue weighted by molar-refractivity contribution is 0.224. The molecule has 2 aromatic heterocycles. The zero-order valence-electron chi connectivity index (χ0n) is 14.8. The van der Waals surface area contributed by atoms with Crippen molar-refractivity contribution in [1.29, 1.82) is 0 Å². The Bertz CT molecular complexity index is 834. The van der Waals surface area contributed by atoms with Gasteiger partial charge in [-0.25, -0.2) is 9.97 Å². The third-order valence-electron chi connectivity index (χ3n) is 4.71. The number of hydrogen-bond donors (Lipinski definition) is 0. The summed E-state index contributed by atoms with van der Waals surface area (Å²) >= 11 is 0. The van der Waals surface area contributed by atoms with Crippen LogP contribution in [0.1, 0.15) is 6.42 Å². The Morgan fingerprint density at radius 3 is 2.62 bits per heavy atom. The number of fused-ring (bicyclic) bond motifs is 1. The van der Waals surface area contributed by atoms with Crippen LogP contribution in [0.5, 0.6) is 5.75 Å². The van der Waals surface area contributed by atoms with Crippen LogP contribution < -0.4 is 9.64 Å². The third kappa shape index (κ3) is 4.08. The molecule has 0 aliphatic carbocycles. The number of aromatic nitrogens is 3. The molecule has 0 radical (unpaired) electrons. The number of benzene rings is 1. The molecule has 4 rings (SSSR count). The minimum absolute atomic E-state index is 0.730. The monoisotopic (exact) mass is 349 g/mol. The maximum Gasteiger partial charge on any atom is 0.225 e. The molecule has 6 nitrogen and oxygen atoms in total. The van der Waals surface area contributed by atoms with E-state index in [-0.39, 0.29) is 0 Å². The van der Waals surface area contributed by atoms with E-state index in [1.54, 1.807) is 12.4 Å². The van der Waals surface area contributed by atoms with E-state index in [2.05, 4.69) is 36.9 Å². The van der Waals surface area contributed by atoms with Gasteiger partial charge in [0, 0.05) is 62.9 Å². The lowest BCUT2D eigenvalue weighted by Gasteiger charge is -2.34. The molecule has 0 bridgehead atoms. The molecule has 0 amide bonds. The third-order valence-corrected chi connectivity index (χ3v) is 4.71. The first-order chi connectivity index (χ1) is 12.9. The van der Waals surface area contributed by atoms with E-state index < -0.39 is 0 Å². The molecule has 1 aliphatic rings. The molecule has 0 N–H and O–H groups in total. The van der Waals surface area contributed by atoms with Crippen molar-refractivity contribution in [3.8, 4) is 5.75 Å². The Morgan fingerprint density at radius 1 is 0.923 bits per heavy atom. The first-order valence-electron chi connectivity index (χ1n) is 9.09. The molecule has 0 saturated carbocycles. The number of piperazine rings is 1. The molecule has 1 fully saturated rings. The average Bonchev–Trinajstić information content (AvgIpc) is 2.72. The van der Waals surface area contributed by atoms with Crippen molar-refractivity contribution in [2.24, 2.45) is 0 Å². The molecule has 3 heterocycles. The van der Waals surface area contributed by atoms with Crippen molar-refractivity contribution in [3.05, 3.63) is 55.1 Å². The lowest BCUT2D eigenvalue weighted by atomic mass is 10.2. The van der Waals surface area contributed by atoms with E-state index >= 15 is 0 Å². The van der Waals surface area contributed by atoms with Gasteiger partial charge < -0.3 is 9.64 Å². The minimum atomic E-state index is 0.730. The molecule has 1 aliphatic heterocycles. The van der Waals surface area contributed by atoms with E-state index in [1.165, 1.54) is 5.39 Å². The van der Waals surface area contributed by atoms with Crippen molar-refractivity contribution in [3.63, 3.8) is 0 Å². The van der Waals surface area contributed by atoms with Gasteiger partial charge in [0.1, 0.15) is 5.75 Å². The van der Waals surface area contributed by atoms with Crippen molar-refractivity contribution in [2.45, 2.75) is 6.42 Å². The highest BCUT2D eigenvalue weighted by atomic mass is 16.5. The van der Waals surface area contributed by atoms with Crippen LogP contribution in [0.4, 0.5) is 5.95 Å². The average molecular weight is 349 g/mol. The summed E-state index contributed by atoms with van der Waals surface area (Å²) in [5.74, 6) is 1.75. The van der Waals surface area contributed by atoms with Gasteiger partial charge in [-0.15, -0.1) is 0 Å². The molecule has 0 atom stereocenters. The molecule has 6 heteroatoms. The van der Waals surface area contributed by atoms with Gasteiger partial charge in [-0.05, 0) is 36.1 Å². The molecule has 0 spiro atoms. The summed E-state index contributed by atoms with van der Waals surface area (Å²) in [6, 6.07) is 10.0. The van der Waals surface area contributed by atoms with E-state index in [9.17, 15) is 0 Å². The number of pyridine rings is 1. The van der Waals surface area contributed by atoms with Gasteiger partial charge in [-0.1, -0.05) is 6.07 Å². The predicted octanol–water partition coefficient (Wildman–Crippen LogP) is 2.62. The predicted molar refractivity (Wildman–Crippen MR) is 103 cm³/mol. The van der Waals surface area contributed by atoms with Gasteiger partial charge in [0.2, 0.25) is 5.95 Å². The molecular weight excluding hydrogens is 326 g/mol. The number of rotatable bonds is 6. The normalized spacial score (nSPS) is 15.3. The Hall–Kier alpha value is -2.73. The molecule has 1 saturated heterocycles. The second kappa shape index (κ2) is 8.10. The van der Waals surface area contributed by atoms with Crippen LogP contribution in [0.2, 0.25) is 0 Å². The van der Waals surface area contributed by atoms with Crippen LogP contribution in [-0.2, 0) is 0 Å². The molecule has 0 unspecified atom stereocenters. The number of nitrogens with zero attached hydrogens (tertiary/aromatic N) is 5. The fraction of sp³-hybridized carbons (Fsp3) is 0.350. The topological polar surface area (TPSA) is 54.4 Å². The van der Waals surface area contributed by atoms with Gasteiger partial charge in [0.25, 0.3) is 0 Å². The second-order valence-electron chi connectivity index (χ2n) is 6.46. The molecule has 1 aromatic carbocycles. The Kier molecular flexibility index (Phi) is 5.21. The van der Waals surface area contributed by atoms with Gasteiger partial charge in [-0.2, -0.15) is 0 Å². The van der Waals surface area contributed by atoms with Gasteiger partial charge in [-0.3, -0.25) is 9.88 Å². The first-order valence-corrected chi connectivity index (χ1v) is 9.09. The summed E-state index contributed by atoms with van der Waals surface area (Å²) in [6.45, 7) is 5.82. The van der Waals surface area contributed by atoms with Crippen LogP contribution in [0.15, 0.2) is 55.1 Å². The highest BCUT2D eigenvalue weighted by Crippen LogP contribution is 2.20. The Labute approximate surface area is 153 Å². The van der Waals surface area contributed by atoms with Crippen molar-refractivity contribution >= 4 is 16.7 Å². The number of anilines is 1.